The number of piperazine rings is 1. The van der Waals surface area contributed by atoms with Crippen LogP contribution in [0.3, 0.4) is 0 Å². The third-order valence-corrected chi connectivity index (χ3v) is 3.83. The van der Waals surface area contributed by atoms with E-state index >= 15 is 0 Å². The van der Waals surface area contributed by atoms with Crippen LogP contribution in [0.5, 0.6) is 0 Å². The number of likely N-dealkylation sites (N-methyl/N-ethyl adjacent to an activating group) is 1. The second kappa shape index (κ2) is 5.13. The summed E-state index contributed by atoms with van der Waals surface area (Å²) >= 11 is 0. The van der Waals surface area contributed by atoms with Gasteiger partial charge in [-0.25, -0.2) is 4.39 Å². The zero-order valence-corrected chi connectivity index (χ0v) is 11.3. The van der Waals surface area contributed by atoms with E-state index in [1.165, 1.54) is 12.1 Å². The number of rotatable bonds is 2. The van der Waals surface area contributed by atoms with Gasteiger partial charge in [0.1, 0.15) is 11.5 Å². The highest BCUT2D eigenvalue weighted by Crippen LogP contribution is 2.31. The van der Waals surface area contributed by atoms with Crippen LogP contribution in [0.2, 0.25) is 0 Å². The number of benzene rings is 1. The van der Waals surface area contributed by atoms with E-state index in [0.717, 1.165) is 6.07 Å². The monoisotopic (exact) mass is 267 g/mol. The lowest BCUT2D eigenvalue weighted by Crippen LogP contribution is -2.55. The SMILES string of the molecule is CC1CN(c2cc(F)ccc2[N+](=O)[O-])CC(C)N1C. The fourth-order valence-electron chi connectivity index (χ4n) is 2.51. The van der Waals surface area contributed by atoms with Crippen LogP contribution in [0.4, 0.5) is 15.8 Å². The smallest absolute Gasteiger partial charge is 0.292 e. The molecule has 0 N–H and O–H groups in total. The zero-order valence-electron chi connectivity index (χ0n) is 11.3. The molecular weight excluding hydrogens is 249 g/mol. The molecule has 2 rings (SSSR count). The van der Waals surface area contributed by atoms with E-state index in [1.54, 1.807) is 0 Å². The fraction of sp³-hybridized carbons (Fsp3) is 0.538. The highest BCUT2D eigenvalue weighted by Gasteiger charge is 2.30. The van der Waals surface area contributed by atoms with Gasteiger partial charge in [0, 0.05) is 37.3 Å². The molecule has 0 amide bonds. The molecule has 1 saturated heterocycles. The molecule has 1 fully saturated rings. The van der Waals surface area contributed by atoms with Crippen LogP contribution in [0.25, 0.3) is 0 Å². The highest BCUT2D eigenvalue weighted by atomic mass is 19.1. The molecule has 19 heavy (non-hydrogen) atoms. The molecule has 2 atom stereocenters. The van der Waals surface area contributed by atoms with E-state index in [4.69, 9.17) is 0 Å². The lowest BCUT2D eigenvalue weighted by molar-refractivity contribution is -0.384. The van der Waals surface area contributed by atoms with Crippen molar-refractivity contribution >= 4 is 11.4 Å². The van der Waals surface area contributed by atoms with E-state index in [-0.39, 0.29) is 17.8 Å². The van der Waals surface area contributed by atoms with Gasteiger partial charge in [-0.15, -0.1) is 0 Å². The summed E-state index contributed by atoms with van der Waals surface area (Å²) in [5.41, 5.74) is 0.335. The lowest BCUT2D eigenvalue weighted by Gasteiger charge is -2.43. The minimum Gasteiger partial charge on any atom is -0.363 e. The average molecular weight is 267 g/mol. The second-order valence-corrected chi connectivity index (χ2v) is 5.16. The maximum Gasteiger partial charge on any atom is 0.292 e. The van der Waals surface area contributed by atoms with Crippen LogP contribution in [0, 0.1) is 15.9 Å². The Bertz CT molecular complexity index is 483. The molecule has 1 aromatic rings. The first-order valence-corrected chi connectivity index (χ1v) is 6.31. The van der Waals surface area contributed by atoms with Gasteiger partial charge < -0.3 is 4.90 Å². The van der Waals surface area contributed by atoms with Gasteiger partial charge in [-0.3, -0.25) is 15.0 Å². The number of nitro benzene ring substituents is 1. The van der Waals surface area contributed by atoms with E-state index < -0.39 is 10.7 Å². The minimum atomic E-state index is -0.456. The maximum atomic E-state index is 13.4. The van der Waals surface area contributed by atoms with E-state index in [0.29, 0.717) is 18.8 Å². The summed E-state index contributed by atoms with van der Waals surface area (Å²) in [6.45, 7) is 5.44. The highest BCUT2D eigenvalue weighted by molar-refractivity contribution is 5.63. The summed E-state index contributed by atoms with van der Waals surface area (Å²) in [4.78, 5) is 14.7. The molecule has 0 spiro atoms. The Morgan fingerprint density at radius 3 is 2.42 bits per heavy atom. The van der Waals surface area contributed by atoms with Crippen molar-refractivity contribution < 1.29 is 9.31 Å². The second-order valence-electron chi connectivity index (χ2n) is 5.16. The van der Waals surface area contributed by atoms with Gasteiger partial charge in [-0.2, -0.15) is 0 Å². The Morgan fingerprint density at radius 1 is 1.32 bits per heavy atom. The lowest BCUT2D eigenvalue weighted by atomic mass is 10.1. The van der Waals surface area contributed by atoms with Crippen molar-refractivity contribution in [1.29, 1.82) is 0 Å². The predicted molar refractivity (Wildman–Crippen MR) is 72.0 cm³/mol. The molecule has 0 saturated carbocycles. The van der Waals surface area contributed by atoms with Crippen molar-refractivity contribution in [2.75, 3.05) is 25.0 Å². The van der Waals surface area contributed by atoms with Gasteiger partial charge in [0.2, 0.25) is 0 Å². The van der Waals surface area contributed by atoms with Gasteiger partial charge in [0.15, 0.2) is 0 Å². The molecular formula is C13H18FN3O2. The summed E-state index contributed by atoms with van der Waals surface area (Å²) in [5.74, 6) is -0.445. The predicted octanol–water partition coefficient (Wildman–Crippen LogP) is 2.26. The number of nitrogens with zero attached hydrogens (tertiary/aromatic N) is 3. The van der Waals surface area contributed by atoms with Crippen LogP contribution in [0.15, 0.2) is 18.2 Å². The Hall–Kier alpha value is -1.69. The first-order valence-electron chi connectivity index (χ1n) is 6.31. The van der Waals surface area contributed by atoms with E-state index in [2.05, 4.69) is 18.7 Å². The third kappa shape index (κ3) is 2.68. The molecule has 6 heteroatoms. The average Bonchev–Trinajstić information content (AvgIpc) is 2.34. The first kappa shape index (κ1) is 13.7. The summed E-state index contributed by atoms with van der Waals surface area (Å²) in [7, 11) is 2.03. The fourth-order valence-corrected chi connectivity index (χ4v) is 2.51. The van der Waals surface area contributed by atoms with Gasteiger partial charge in [-0.1, -0.05) is 0 Å². The van der Waals surface area contributed by atoms with Crippen LogP contribution in [0.1, 0.15) is 13.8 Å². The molecule has 0 aliphatic carbocycles. The molecule has 0 aromatic heterocycles. The van der Waals surface area contributed by atoms with Crippen molar-refractivity contribution in [3.05, 3.63) is 34.1 Å². The Balaban J connectivity index is 2.36. The first-order chi connectivity index (χ1) is 8.90. The molecule has 1 aliphatic rings. The van der Waals surface area contributed by atoms with Crippen molar-refractivity contribution in [2.45, 2.75) is 25.9 Å². The number of anilines is 1. The van der Waals surface area contributed by atoms with Crippen molar-refractivity contribution in [2.24, 2.45) is 0 Å². The van der Waals surface area contributed by atoms with Gasteiger partial charge in [-0.05, 0) is 27.0 Å². The minimum absolute atomic E-state index is 0.0367. The Labute approximate surface area is 111 Å². The Morgan fingerprint density at radius 2 is 1.89 bits per heavy atom. The van der Waals surface area contributed by atoms with E-state index in [1.807, 2.05) is 11.9 Å². The number of hydrogen-bond acceptors (Lipinski definition) is 4. The standard InChI is InChI=1S/C13H18FN3O2/c1-9-7-16(8-10(2)15(9)3)13-6-11(14)4-5-12(13)17(18)19/h4-6,9-10H,7-8H2,1-3H3. The molecule has 0 radical (unpaired) electrons. The Kier molecular flexibility index (Phi) is 3.71. The molecule has 5 nitrogen and oxygen atoms in total. The molecule has 0 bridgehead atoms. The van der Waals surface area contributed by atoms with Gasteiger partial charge in [0.05, 0.1) is 4.92 Å². The summed E-state index contributed by atoms with van der Waals surface area (Å²) in [6.07, 6.45) is 0. The molecule has 2 unspecified atom stereocenters. The van der Waals surface area contributed by atoms with E-state index in [9.17, 15) is 14.5 Å². The third-order valence-electron chi connectivity index (χ3n) is 3.83. The number of halogens is 1. The normalized spacial score (nSPS) is 24.5. The largest absolute Gasteiger partial charge is 0.363 e. The van der Waals surface area contributed by atoms with Crippen molar-refractivity contribution in [1.82, 2.24) is 4.90 Å². The van der Waals surface area contributed by atoms with Gasteiger partial charge >= 0.3 is 0 Å². The van der Waals surface area contributed by atoms with Crippen molar-refractivity contribution in [3.63, 3.8) is 0 Å². The van der Waals surface area contributed by atoms with Crippen molar-refractivity contribution in [3.8, 4) is 0 Å². The van der Waals surface area contributed by atoms with Crippen LogP contribution in [-0.4, -0.2) is 42.0 Å². The molecule has 1 aliphatic heterocycles. The maximum absolute atomic E-state index is 13.4. The zero-order chi connectivity index (χ0) is 14.2. The quantitative estimate of drug-likeness (QED) is 0.609. The topological polar surface area (TPSA) is 49.6 Å². The van der Waals surface area contributed by atoms with Crippen LogP contribution in [-0.2, 0) is 0 Å². The molecule has 1 heterocycles. The number of nitro groups is 1. The molecule has 1 aromatic carbocycles. The summed E-state index contributed by atoms with van der Waals surface area (Å²) in [5, 5.41) is 11.0. The molecule has 104 valence electrons. The van der Waals surface area contributed by atoms with Crippen LogP contribution < -0.4 is 4.90 Å². The van der Waals surface area contributed by atoms with Crippen LogP contribution >= 0.6 is 0 Å². The van der Waals surface area contributed by atoms with Gasteiger partial charge in [0.25, 0.3) is 5.69 Å². The summed E-state index contributed by atoms with van der Waals surface area (Å²) in [6, 6.07) is 4.16. The number of hydrogen-bond donors (Lipinski definition) is 0. The summed E-state index contributed by atoms with van der Waals surface area (Å²) < 4.78 is 13.4.